The molecular formula is C15H18BrN3O2. The highest BCUT2D eigenvalue weighted by atomic mass is 79.9. The molecule has 1 aromatic carbocycles. The van der Waals surface area contributed by atoms with Crippen LogP contribution in [0.25, 0.3) is 0 Å². The van der Waals surface area contributed by atoms with Gasteiger partial charge in [-0.25, -0.2) is 4.68 Å². The number of hydrogen-bond acceptors (Lipinski definition) is 4. The molecule has 0 spiro atoms. The molecule has 2 rings (SSSR count). The van der Waals surface area contributed by atoms with E-state index in [-0.39, 0.29) is 11.6 Å². The van der Waals surface area contributed by atoms with E-state index in [1.54, 1.807) is 13.3 Å². The topological polar surface area (TPSA) is 56.1 Å². The number of methoxy groups -OCH3 is 1. The standard InChI is InChI=1S/C15H18BrN3O2/c1-4-19-15(20)14(16)13(9-17-19)18-10(2)11-5-7-12(21-3)8-6-11/h5-10,18H,4H2,1-3H3. The fraction of sp³-hybridized carbons (Fsp3) is 0.333. The van der Waals surface area contributed by atoms with E-state index < -0.39 is 0 Å². The third-order valence-electron chi connectivity index (χ3n) is 3.27. The number of benzene rings is 1. The first-order valence-electron chi connectivity index (χ1n) is 6.73. The van der Waals surface area contributed by atoms with Crippen molar-refractivity contribution >= 4 is 21.6 Å². The second-order valence-electron chi connectivity index (χ2n) is 4.63. The van der Waals surface area contributed by atoms with Gasteiger partial charge in [-0.05, 0) is 47.5 Å². The minimum Gasteiger partial charge on any atom is -0.497 e. The minimum absolute atomic E-state index is 0.0471. The molecule has 1 heterocycles. The first-order valence-corrected chi connectivity index (χ1v) is 7.52. The average Bonchev–Trinajstić information content (AvgIpc) is 2.52. The molecule has 1 unspecified atom stereocenters. The predicted octanol–water partition coefficient (Wildman–Crippen LogP) is 3.21. The number of aryl methyl sites for hydroxylation is 1. The van der Waals surface area contributed by atoms with E-state index in [4.69, 9.17) is 4.74 Å². The molecular weight excluding hydrogens is 334 g/mol. The zero-order valence-electron chi connectivity index (χ0n) is 12.3. The van der Waals surface area contributed by atoms with Crippen molar-refractivity contribution in [3.8, 4) is 5.75 Å². The first kappa shape index (κ1) is 15.6. The van der Waals surface area contributed by atoms with Crippen LogP contribution in [-0.2, 0) is 6.54 Å². The number of rotatable bonds is 5. The predicted molar refractivity (Wildman–Crippen MR) is 86.9 cm³/mol. The van der Waals surface area contributed by atoms with Crippen molar-refractivity contribution in [3.63, 3.8) is 0 Å². The van der Waals surface area contributed by atoms with Crippen LogP contribution < -0.4 is 15.6 Å². The molecule has 0 saturated carbocycles. The lowest BCUT2D eigenvalue weighted by atomic mass is 10.1. The maximum Gasteiger partial charge on any atom is 0.283 e. The molecule has 0 aliphatic heterocycles. The van der Waals surface area contributed by atoms with Crippen LogP contribution >= 0.6 is 15.9 Å². The SMILES string of the molecule is CCn1ncc(NC(C)c2ccc(OC)cc2)c(Br)c1=O. The molecule has 5 nitrogen and oxygen atoms in total. The highest BCUT2D eigenvalue weighted by Crippen LogP contribution is 2.24. The molecule has 0 bridgehead atoms. The highest BCUT2D eigenvalue weighted by molar-refractivity contribution is 9.10. The van der Waals surface area contributed by atoms with Crippen molar-refractivity contribution in [3.05, 3.63) is 50.9 Å². The number of halogens is 1. The summed E-state index contributed by atoms with van der Waals surface area (Å²) in [6.07, 6.45) is 1.66. The Morgan fingerprint density at radius 3 is 2.62 bits per heavy atom. The van der Waals surface area contributed by atoms with Gasteiger partial charge in [-0.15, -0.1) is 0 Å². The summed E-state index contributed by atoms with van der Waals surface area (Å²) in [5.74, 6) is 0.819. The van der Waals surface area contributed by atoms with Gasteiger partial charge in [-0.1, -0.05) is 12.1 Å². The zero-order valence-corrected chi connectivity index (χ0v) is 13.8. The Kier molecular flexibility index (Phi) is 5.01. The van der Waals surface area contributed by atoms with Crippen LogP contribution in [0.15, 0.2) is 39.7 Å². The lowest BCUT2D eigenvalue weighted by Gasteiger charge is -2.17. The molecule has 0 saturated heterocycles. The van der Waals surface area contributed by atoms with Gasteiger partial charge >= 0.3 is 0 Å². The Labute approximate surface area is 132 Å². The average molecular weight is 352 g/mol. The van der Waals surface area contributed by atoms with Crippen molar-refractivity contribution in [2.75, 3.05) is 12.4 Å². The van der Waals surface area contributed by atoms with Crippen LogP contribution in [-0.4, -0.2) is 16.9 Å². The molecule has 112 valence electrons. The summed E-state index contributed by atoms with van der Waals surface area (Å²) in [5.41, 5.74) is 1.65. The molecule has 0 amide bonds. The lowest BCUT2D eigenvalue weighted by Crippen LogP contribution is -2.24. The second kappa shape index (κ2) is 6.76. The van der Waals surface area contributed by atoms with Crippen LogP contribution in [0, 0.1) is 0 Å². The summed E-state index contributed by atoms with van der Waals surface area (Å²) < 4.78 is 7.06. The number of hydrogen-bond donors (Lipinski definition) is 1. The highest BCUT2D eigenvalue weighted by Gasteiger charge is 2.11. The van der Waals surface area contributed by atoms with Gasteiger partial charge in [-0.3, -0.25) is 4.79 Å². The third-order valence-corrected chi connectivity index (χ3v) is 4.04. The second-order valence-corrected chi connectivity index (χ2v) is 5.43. The van der Waals surface area contributed by atoms with Gasteiger partial charge in [0.05, 0.1) is 19.0 Å². The van der Waals surface area contributed by atoms with Crippen LogP contribution in [0.2, 0.25) is 0 Å². The molecule has 1 atom stereocenters. The largest absolute Gasteiger partial charge is 0.497 e. The van der Waals surface area contributed by atoms with Gasteiger partial charge in [0.25, 0.3) is 5.56 Å². The van der Waals surface area contributed by atoms with Crippen molar-refractivity contribution in [2.24, 2.45) is 0 Å². The van der Waals surface area contributed by atoms with E-state index in [2.05, 4.69) is 26.3 Å². The quantitative estimate of drug-likeness (QED) is 0.898. The van der Waals surface area contributed by atoms with Gasteiger partial charge < -0.3 is 10.1 Å². The Morgan fingerprint density at radius 2 is 2.05 bits per heavy atom. The van der Waals surface area contributed by atoms with Gasteiger partial charge in [0.2, 0.25) is 0 Å². The van der Waals surface area contributed by atoms with Crippen molar-refractivity contribution in [2.45, 2.75) is 26.4 Å². The number of nitrogens with one attached hydrogen (secondary N) is 1. The maximum absolute atomic E-state index is 12.0. The summed E-state index contributed by atoms with van der Waals surface area (Å²) in [6, 6.07) is 7.85. The molecule has 0 aliphatic carbocycles. The Hall–Kier alpha value is -1.82. The Bertz CT molecular complexity index is 668. The van der Waals surface area contributed by atoms with Gasteiger partial charge in [-0.2, -0.15) is 5.10 Å². The van der Waals surface area contributed by atoms with E-state index in [0.717, 1.165) is 11.3 Å². The van der Waals surface area contributed by atoms with Gasteiger partial charge in [0.15, 0.2) is 0 Å². The van der Waals surface area contributed by atoms with E-state index in [9.17, 15) is 4.79 Å². The smallest absolute Gasteiger partial charge is 0.283 e. The maximum atomic E-state index is 12.0. The van der Waals surface area contributed by atoms with Gasteiger partial charge in [0.1, 0.15) is 10.2 Å². The molecule has 1 aromatic heterocycles. The molecule has 0 radical (unpaired) electrons. The van der Waals surface area contributed by atoms with E-state index in [1.807, 2.05) is 38.1 Å². The summed E-state index contributed by atoms with van der Waals surface area (Å²) >= 11 is 3.34. The van der Waals surface area contributed by atoms with E-state index in [0.29, 0.717) is 16.7 Å². The molecule has 2 aromatic rings. The van der Waals surface area contributed by atoms with Crippen molar-refractivity contribution in [1.82, 2.24) is 9.78 Å². The molecule has 1 N–H and O–H groups in total. The third kappa shape index (κ3) is 3.44. The Balaban J connectivity index is 2.21. The number of aromatic nitrogens is 2. The van der Waals surface area contributed by atoms with Crippen LogP contribution in [0.5, 0.6) is 5.75 Å². The molecule has 0 fully saturated rings. The van der Waals surface area contributed by atoms with E-state index in [1.165, 1.54) is 4.68 Å². The van der Waals surface area contributed by atoms with Crippen LogP contribution in [0.1, 0.15) is 25.5 Å². The molecule has 21 heavy (non-hydrogen) atoms. The molecule has 0 aliphatic rings. The fourth-order valence-corrected chi connectivity index (χ4v) is 2.42. The number of anilines is 1. The lowest BCUT2D eigenvalue weighted by molar-refractivity contribution is 0.414. The monoisotopic (exact) mass is 351 g/mol. The van der Waals surface area contributed by atoms with Crippen LogP contribution in [0.3, 0.4) is 0 Å². The first-order chi connectivity index (χ1) is 10.1. The summed E-state index contributed by atoms with van der Waals surface area (Å²) in [6.45, 7) is 4.46. The summed E-state index contributed by atoms with van der Waals surface area (Å²) in [7, 11) is 1.64. The normalized spacial score (nSPS) is 12.0. The fourth-order valence-electron chi connectivity index (χ4n) is 2.00. The number of nitrogens with zero attached hydrogens (tertiary/aromatic N) is 2. The molecule has 6 heteroatoms. The minimum atomic E-state index is -0.135. The summed E-state index contributed by atoms with van der Waals surface area (Å²) in [4.78, 5) is 12.0. The number of ether oxygens (including phenoxy) is 1. The van der Waals surface area contributed by atoms with Crippen molar-refractivity contribution < 1.29 is 4.74 Å². The van der Waals surface area contributed by atoms with Crippen molar-refractivity contribution in [1.29, 1.82) is 0 Å². The van der Waals surface area contributed by atoms with Crippen LogP contribution in [0.4, 0.5) is 5.69 Å². The summed E-state index contributed by atoms with van der Waals surface area (Å²) in [5, 5.41) is 7.42. The van der Waals surface area contributed by atoms with E-state index >= 15 is 0 Å². The zero-order chi connectivity index (χ0) is 15.4. The van der Waals surface area contributed by atoms with Gasteiger partial charge in [0, 0.05) is 12.6 Å². The Morgan fingerprint density at radius 1 is 1.38 bits per heavy atom.